The predicted octanol–water partition coefficient (Wildman–Crippen LogP) is 5.28. The average molecular weight is 497 g/mol. The van der Waals surface area contributed by atoms with E-state index in [0.717, 1.165) is 22.3 Å². The molecule has 1 aliphatic heterocycles. The summed E-state index contributed by atoms with van der Waals surface area (Å²) in [7, 11) is 0. The van der Waals surface area contributed by atoms with Crippen molar-refractivity contribution in [2.75, 3.05) is 6.61 Å². The number of rotatable bonds is 8. The van der Waals surface area contributed by atoms with Crippen LogP contribution >= 0.6 is 0 Å². The molecule has 1 aliphatic rings. The molecule has 0 aromatic heterocycles. The first-order valence-corrected chi connectivity index (χ1v) is 12.5. The fourth-order valence-corrected chi connectivity index (χ4v) is 4.79. The maximum absolute atomic E-state index is 13.4. The fourth-order valence-electron chi connectivity index (χ4n) is 4.79. The molecule has 0 saturated carbocycles. The summed E-state index contributed by atoms with van der Waals surface area (Å²) in [6.07, 6.45) is 0.174. The highest BCUT2D eigenvalue weighted by Gasteiger charge is 2.37. The monoisotopic (exact) mass is 496 g/mol. The van der Waals surface area contributed by atoms with Crippen LogP contribution in [0.25, 0.3) is 0 Å². The van der Waals surface area contributed by atoms with Crippen LogP contribution in [0.2, 0.25) is 0 Å². The summed E-state index contributed by atoms with van der Waals surface area (Å²) in [4.78, 5) is 40.8. The third kappa shape index (κ3) is 5.97. The van der Waals surface area contributed by atoms with Gasteiger partial charge >= 0.3 is 5.97 Å². The van der Waals surface area contributed by atoms with Gasteiger partial charge in [0.2, 0.25) is 5.91 Å². The Morgan fingerprint density at radius 2 is 1.65 bits per heavy atom. The van der Waals surface area contributed by atoms with Crippen molar-refractivity contribution in [1.82, 2.24) is 10.2 Å². The fraction of sp³-hybridized carbons (Fsp3) is 0.258. The van der Waals surface area contributed by atoms with Crippen LogP contribution in [0.3, 0.4) is 0 Å². The van der Waals surface area contributed by atoms with Crippen LogP contribution in [-0.4, -0.2) is 29.3 Å². The molecule has 6 heteroatoms. The zero-order valence-corrected chi connectivity index (χ0v) is 21.5. The summed E-state index contributed by atoms with van der Waals surface area (Å²) in [5.74, 6) is -1.02. The summed E-state index contributed by atoms with van der Waals surface area (Å²) >= 11 is 0. The molecule has 3 aromatic carbocycles. The first-order chi connectivity index (χ1) is 17.9. The average Bonchev–Trinajstić information content (AvgIpc) is 2.90. The second kappa shape index (κ2) is 11.7. The lowest BCUT2D eigenvalue weighted by atomic mass is 9.81. The Morgan fingerprint density at radius 3 is 2.38 bits per heavy atom. The van der Waals surface area contributed by atoms with Crippen molar-refractivity contribution in [2.24, 2.45) is 0 Å². The Kier molecular flexibility index (Phi) is 8.18. The zero-order valence-electron chi connectivity index (χ0n) is 21.5. The Bertz CT molecular complexity index is 1330. The molecule has 0 spiro atoms. The van der Waals surface area contributed by atoms with Crippen LogP contribution in [0.15, 0.2) is 90.1 Å². The van der Waals surface area contributed by atoms with Gasteiger partial charge in [0.25, 0.3) is 5.91 Å². The molecule has 0 unspecified atom stereocenters. The van der Waals surface area contributed by atoms with Gasteiger partial charge in [-0.1, -0.05) is 66.7 Å². The summed E-state index contributed by atoms with van der Waals surface area (Å²) in [5, 5.41) is 2.94. The highest BCUT2D eigenvalue weighted by atomic mass is 16.5. The summed E-state index contributed by atoms with van der Waals surface area (Å²) in [6, 6.07) is 24.8. The number of hydrogen-bond donors (Lipinski definition) is 1. The predicted molar refractivity (Wildman–Crippen MR) is 142 cm³/mol. The number of hydrogen-bond acceptors (Lipinski definition) is 4. The molecule has 190 valence electrons. The lowest BCUT2D eigenvalue weighted by Gasteiger charge is -2.35. The normalized spacial score (nSPS) is 15.5. The Balaban J connectivity index is 1.59. The van der Waals surface area contributed by atoms with Gasteiger partial charge in [-0.2, -0.15) is 0 Å². The van der Waals surface area contributed by atoms with Crippen molar-refractivity contribution in [3.63, 3.8) is 0 Å². The number of allylic oxidation sites excluding steroid dienone is 1. The molecule has 0 aliphatic carbocycles. The van der Waals surface area contributed by atoms with E-state index in [2.05, 4.69) is 5.32 Å². The molecular weight excluding hydrogens is 464 g/mol. The summed E-state index contributed by atoms with van der Waals surface area (Å²) < 4.78 is 5.40. The van der Waals surface area contributed by atoms with Gasteiger partial charge in [-0.25, -0.2) is 4.79 Å². The lowest BCUT2D eigenvalue weighted by Crippen LogP contribution is -2.38. The van der Waals surface area contributed by atoms with Gasteiger partial charge in [-0.05, 0) is 55.2 Å². The van der Waals surface area contributed by atoms with Gasteiger partial charge < -0.3 is 15.0 Å². The van der Waals surface area contributed by atoms with Gasteiger partial charge in [-0.15, -0.1) is 0 Å². The van der Waals surface area contributed by atoms with E-state index in [4.69, 9.17) is 4.74 Å². The molecule has 1 atom stereocenters. The summed E-state index contributed by atoms with van der Waals surface area (Å²) in [5.41, 5.74) is 5.41. The minimum Gasteiger partial charge on any atom is -0.463 e. The molecule has 0 radical (unpaired) electrons. The van der Waals surface area contributed by atoms with Gasteiger partial charge in [0.05, 0.1) is 18.7 Å². The number of nitrogens with zero attached hydrogens (tertiary/aromatic N) is 1. The van der Waals surface area contributed by atoms with Gasteiger partial charge in [-0.3, -0.25) is 9.59 Å². The highest BCUT2D eigenvalue weighted by Crippen LogP contribution is 2.38. The Labute approximate surface area is 218 Å². The maximum Gasteiger partial charge on any atom is 0.336 e. The molecule has 6 nitrogen and oxygen atoms in total. The third-order valence-corrected chi connectivity index (χ3v) is 6.71. The van der Waals surface area contributed by atoms with Gasteiger partial charge in [0.1, 0.15) is 0 Å². The van der Waals surface area contributed by atoms with Crippen molar-refractivity contribution in [3.8, 4) is 0 Å². The molecule has 3 aromatic rings. The first kappa shape index (κ1) is 25.9. The van der Waals surface area contributed by atoms with Crippen LogP contribution in [-0.2, 0) is 27.4 Å². The largest absolute Gasteiger partial charge is 0.463 e. The number of benzene rings is 3. The first-order valence-electron chi connectivity index (χ1n) is 12.5. The SMILES string of the molecule is CCOC(=O)C1=C(C)N(Cc2cccc(C(=O)NCc3ccccc3)c2)C(=O)C[C@@H]1c1ccccc1C. The second-order valence-corrected chi connectivity index (χ2v) is 9.18. The molecule has 1 N–H and O–H groups in total. The molecule has 4 rings (SSSR count). The number of carbonyl (C=O) groups excluding carboxylic acids is 3. The van der Waals surface area contributed by atoms with Crippen molar-refractivity contribution >= 4 is 17.8 Å². The van der Waals surface area contributed by atoms with Crippen LogP contribution < -0.4 is 5.32 Å². The van der Waals surface area contributed by atoms with Crippen LogP contribution in [0.4, 0.5) is 0 Å². The quantitative estimate of drug-likeness (QED) is 0.431. The molecular formula is C31H32N2O4. The van der Waals surface area contributed by atoms with E-state index in [-0.39, 0.29) is 37.3 Å². The Morgan fingerprint density at radius 1 is 0.946 bits per heavy atom. The minimum absolute atomic E-state index is 0.0715. The molecule has 0 bridgehead atoms. The molecule has 37 heavy (non-hydrogen) atoms. The number of ether oxygens (including phenoxy) is 1. The van der Waals surface area contributed by atoms with Crippen LogP contribution in [0.1, 0.15) is 58.8 Å². The van der Waals surface area contributed by atoms with Crippen molar-refractivity contribution < 1.29 is 19.1 Å². The Hall–Kier alpha value is -4.19. The van der Waals surface area contributed by atoms with E-state index in [0.29, 0.717) is 23.4 Å². The zero-order chi connectivity index (χ0) is 26.4. The van der Waals surface area contributed by atoms with Crippen LogP contribution in [0, 0.1) is 6.92 Å². The number of amides is 2. The van der Waals surface area contributed by atoms with Crippen LogP contribution in [0.5, 0.6) is 0 Å². The molecule has 1 heterocycles. The molecule has 0 saturated heterocycles. The number of carbonyl (C=O) groups is 3. The molecule has 0 fully saturated rings. The molecule has 2 amide bonds. The van der Waals surface area contributed by atoms with Crippen molar-refractivity contribution in [2.45, 2.75) is 46.2 Å². The standard InChI is InChI=1S/C31H32N2O4/c1-4-37-31(36)29-22(3)33(28(34)18-27(29)26-16-9-8-11-21(26)2)20-24-14-10-15-25(17-24)30(35)32-19-23-12-6-5-7-13-23/h5-17,27H,4,18-20H2,1-3H3,(H,32,35)/t27-/m1/s1. The smallest absolute Gasteiger partial charge is 0.336 e. The van der Waals surface area contributed by atoms with E-state index < -0.39 is 5.97 Å². The van der Waals surface area contributed by atoms with E-state index in [1.807, 2.05) is 73.7 Å². The van der Waals surface area contributed by atoms with E-state index in [1.54, 1.807) is 30.9 Å². The second-order valence-electron chi connectivity index (χ2n) is 9.18. The highest BCUT2D eigenvalue weighted by molar-refractivity contribution is 5.96. The van der Waals surface area contributed by atoms with Crippen molar-refractivity contribution in [3.05, 3.63) is 118 Å². The number of aryl methyl sites for hydroxylation is 1. The van der Waals surface area contributed by atoms with Gasteiger partial charge in [0.15, 0.2) is 0 Å². The number of nitrogens with one attached hydrogen (secondary N) is 1. The number of esters is 1. The third-order valence-electron chi connectivity index (χ3n) is 6.71. The van der Waals surface area contributed by atoms with E-state index >= 15 is 0 Å². The van der Waals surface area contributed by atoms with E-state index in [9.17, 15) is 14.4 Å². The maximum atomic E-state index is 13.4. The lowest BCUT2D eigenvalue weighted by molar-refractivity contribution is -0.140. The minimum atomic E-state index is -0.403. The van der Waals surface area contributed by atoms with E-state index in [1.165, 1.54) is 0 Å². The van der Waals surface area contributed by atoms with Gasteiger partial charge in [0, 0.05) is 30.1 Å². The summed E-state index contributed by atoms with van der Waals surface area (Å²) in [6.45, 7) is 6.50. The topological polar surface area (TPSA) is 75.7 Å². The van der Waals surface area contributed by atoms with Crippen molar-refractivity contribution in [1.29, 1.82) is 0 Å².